The number of nitrogens with one attached hydrogen (secondary N) is 1. The van der Waals surface area contributed by atoms with Gasteiger partial charge in [0.2, 0.25) is 5.88 Å². The molecule has 13 heavy (non-hydrogen) atoms. The standard InChI is InChI=1S/C8H10N2O3/c1-13-7-6(3-2-4-9-7)5-10-8(11)12/h2-4,10H,5H2,1H3,(H,11,12). The highest BCUT2D eigenvalue weighted by atomic mass is 16.5. The number of methoxy groups -OCH3 is 1. The van der Waals surface area contributed by atoms with Crippen LogP contribution in [0.5, 0.6) is 5.88 Å². The molecule has 0 aliphatic rings. The highest BCUT2D eigenvalue weighted by molar-refractivity contribution is 5.64. The molecular formula is C8H10N2O3. The maximum Gasteiger partial charge on any atom is 0.404 e. The summed E-state index contributed by atoms with van der Waals surface area (Å²) >= 11 is 0. The molecule has 1 heterocycles. The third kappa shape index (κ3) is 2.62. The maximum atomic E-state index is 10.2. The van der Waals surface area contributed by atoms with Gasteiger partial charge in [0.05, 0.1) is 13.7 Å². The first-order valence-electron chi connectivity index (χ1n) is 3.68. The first-order chi connectivity index (χ1) is 6.24. The molecule has 0 aromatic carbocycles. The Kier molecular flexibility index (Phi) is 3.08. The van der Waals surface area contributed by atoms with Gasteiger partial charge in [-0.1, -0.05) is 6.07 Å². The van der Waals surface area contributed by atoms with E-state index >= 15 is 0 Å². The van der Waals surface area contributed by atoms with Crippen LogP contribution in [0.2, 0.25) is 0 Å². The fourth-order valence-corrected chi connectivity index (χ4v) is 0.913. The Morgan fingerprint density at radius 3 is 3.15 bits per heavy atom. The van der Waals surface area contributed by atoms with Crippen LogP contribution in [0.3, 0.4) is 0 Å². The molecule has 0 aliphatic heterocycles. The van der Waals surface area contributed by atoms with E-state index < -0.39 is 6.09 Å². The molecule has 0 unspecified atom stereocenters. The van der Waals surface area contributed by atoms with Crippen LogP contribution in [0.4, 0.5) is 4.79 Å². The summed E-state index contributed by atoms with van der Waals surface area (Å²) in [4.78, 5) is 14.1. The van der Waals surface area contributed by atoms with Gasteiger partial charge in [-0.25, -0.2) is 9.78 Å². The van der Waals surface area contributed by atoms with Crippen LogP contribution in [-0.4, -0.2) is 23.3 Å². The van der Waals surface area contributed by atoms with Gasteiger partial charge in [-0.15, -0.1) is 0 Å². The van der Waals surface area contributed by atoms with Crippen molar-refractivity contribution in [2.75, 3.05) is 7.11 Å². The predicted octanol–water partition coefficient (Wildman–Crippen LogP) is 0.858. The van der Waals surface area contributed by atoms with E-state index in [-0.39, 0.29) is 6.54 Å². The van der Waals surface area contributed by atoms with Gasteiger partial charge in [0.1, 0.15) is 0 Å². The summed E-state index contributed by atoms with van der Waals surface area (Å²) in [5.74, 6) is 0.441. The van der Waals surface area contributed by atoms with E-state index in [0.29, 0.717) is 11.4 Å². The zero-order chi connectivity index (χ0) is 9.68. The number of hydrogen-bond acceptors (Lipinski definition) is 3. The van der Waals surface area contributed by atoms with E-state index in [4.69, 9.17) is 9.84 Å². The van der Waals surface area contributed by atoms with E-state index in [9.17, 15) is 4.79 Å². The number of amides is 1. The third-order valence-corrected chi connectivity index (χ3v) is 1.47. The van der Waals surface area contributed by atoms with Gasteiger partial charge in [-0.2, -0.15) is 0 Å². The van der Waals surface area contributed by atoms with Crippen molar-refractivity contribution < 1.29 is 14.6 Å². The summed E-state index contributed by atoms with van der Waals surface area (Å²) < 4.78 is 4.93. The lowest BCUT2D eigenvalue weighted by Crippen LogP contribution is -2.20. The number of pyridine rings is 1. The van der Waals surface area contributed by atoms with Crippen LogP contribution in [0, 0.1) is 0 Å². The molecule has 0 saturated carbocycles. The average molecular weight is 182 g/mol. The minimum absolute atomic E-state index is 0.201. The molecular weight excluding hydrogens is 172 g/mol. The fourth-order valence-electron chi connectivity index (χ4n) is 0.913. The first kappa shape index (κ1) is 9.31. The topological polar surface area (TPSA) is 71.5 Å². The molecule has 0 aliphatic carbocycles. The lowest BCUT2D eigenvalue weighted by molar-refractivity contribution is 0.194. The number of carbonyl (C=O) groups is 1. The molecule has 2 N–H and O–H groups in total. The van der Waals surface area contributed by atoms with Crippen LogP contribution in [0.25, 0.3) is 0 Å². The number of hydrogen-bond donors (Lipinski definition) is 2. The molecule has 1 rings (SSSR count). The second-order valence-electron chi connectivity index (χ2n) is 2.33. The molecule has 0 bridgehead atoms. The summed E-state index contributed by atoms with van der Waals surface area (Å²) in [6, 6.07) is 3.48. The van der Waals surface area contributed by atoms with Gasteiger partial charge in [-0.3, -0.25) is 0 Å². The predicted molar refractivity (Wildman–Crippen MR) is 45.7 cm³/mol. The van der Waals surface area contributed by atoms with Crippen molar-refractivity contribution in [3.63, 3.8) is 0 Å². The van der Waals surface area contributed by atoms with Gasteiger partial charge >= 0.3 is 6.09 Å². The van der Waals surface area contributed by atoms with Crippen molar-refractivity contribution in [3.8, 4) is 5.88 Å². The molecule has 5 heteroatoms. The highest BCUT2D eigenvalue weighted by Crippen LogP contribution is 2.12. The zero-order valence-corrected chi connectivity index (χ0v) is 7.15. The quantitative estimate of drug-likeness (QED) is 0.727. The molecule has 0 spiro atoms. The highest BCUT2D eigenvalue weighted by Gasteiger charge is 2.03. The molecule has 0 atom stereocenters. The largest absolute Gasteiger partial charge is 0.481 e. The van der Waals surface area contributed by atoms with Gasteiger partial charge in [0.25, 0.3) is 0 Å². The Morgan fingerprint density at radius 1 is 1.77 bits per heavy atom. The Labute approximate surface area is 75.4 Å². The molecule has 5 nitrogen and oxygen atoms in total. The van der Waals surface area contributed by atoms with Crippen LogP contribution in [0.15, 0.2) is 18.3 Å². The molecule has 0 radical (unpaired) electrons. The normalized spacial score (nSPS) is 9.31. The number of nitrogens with zero attached hydrogens (tertiary/aromatic N) is 1. The van der Waals surface area contributed by atoms with Crippen molar-refractivity contribution in [3.05, 3.63) is 23.9 Å². The number of carboxylic acid groups (broad SMARTS) is 1. The lowest BCUT2D eigenvalue weighted by Gasteiger charge is -2.05. The number of ether oxygens (including phenoxy) is 1. The molecule has 1 amide bonds. The van der Waals surface area contributed by atoms with Crippen LogP contribution < -0.4 is 10.1 Å². The summed E-state index contributed by atoms with van der Waals surface area (Å²) in [6.45, 7) is 0.201. The van der Waals surface area contributed by atoms with Gasteiger partial charge < -0.3 is 15.2 Å². The number of rotatable bonds is 3. The molecule has 70 valence electrons. The SMILES string of the molecule is COc1ncccc1CNC(=O)O. The zero-order valence-electron chi connectivity index (χ0n) is 7.15. The van der Waals surface area contributed by atoms with Crippen molar-refractivity contribution in [2.24, 2.45) is 0 Å². The van der Waals surface area contributed by atoms with E-state index in [2.05, 4.69) is 10.3 Å². The van der Waals surface area contributed by atoms with Gasteiger partial charge in [-0.05, 0) is 6.07 Å². The molecule has 0 saturated heterocycles. The van der Waals surface area contributed by atoms with E-state index in [1.165, 1.54) is 7.11 Å². The summed E-state index contributed by atoms with van der Waals surface area (Å²) in [7, 11) is 1.49. The summed E-state index contributed by atoms with van der Waals surface area (Å²) in [5.41, 5.74) is 0.715. The van der Waals surface area contributed by atoms with Crippen LogP contribution >= 0.6 is 0 Å². The Morgan fingerprint density at radius 2 is 2.54 bits per heavy atom. The minimum atomic E-state index is -1.06. The Balaban J connectivity index is 2.69. The van der Waals surface area contributed by atoms with Crippen molar-refractivity contribution in [1.82, 2.24) is 10.3 Å². The first-order valence-corrected chi connectivity index (χ1v) is 3.68. The van der Waals surface area contributed by atoms with Crippen molar-refractivity contribution >= 4 is 6.09 Å². The fraction of sp³-hybridized carbons (Fsp3) is 0.250. The summed E-state index contributed by atoms with van der Waals surface area (Å²) in [5, 5.41) is 10.6. The van der Waals surface area contributed by atoms with Gasteiger partial charge in [0.15, 0.2) is 0 Å². The van der Waals surface area contributed by atoms with Crippen LogP contribution in [-0.2, 0) is 6.54 Å². The average Bonchev–Trinajstić information content (AvgIpc) is 2.15. The van der Waals surface area contributed by atoms with Crippen LogP contribution in [0.1, 0.15) is 5.56 Å². The smallest absolute Gasteiger partial charge is 0.404 e. The Hall–Kier alpha value is -1.78. The van der Waals surface area contributed by atoms with Crippen molar-refractivity contribution in [1.29, 1.82) is 0 Å². The second kappa shape index (κ2) is 4.30. The lowest BCUT2D eigenvalue weighted by atomic mass is 10.3. The monoisotopic (exact) mass is 182 g/mol. The Bertz CT molecular complexity index is 301. The van der Waals surface area contributed by atoms with E-state index in [1.54, 1.807) is 18.3 Å². The van der Waals surface area contributed by atoms with Gasteiger partial charge in [0, 0.05) is 11.8 Å². The number of aromatic nitrogens is 1. The summed E-state index contributed by atoms with van der Waals surface area (Å²) in [6.07, 6.45) is 0.522. The van der Waals surface area contributed by atoms with E-state index in [1.807, 2.05) is 0 Å². The minimum Gasteiger partial charge on any atom is -0.481 e. The van der Waals surface area contributed by atoms with Crippen molar-refractivity contribution in [2.45, 2.75) is 6.54 Å². The third-order valence-electron chi connectivity index (χ3n) is 1.47. The molecule has 1 aromatic rings. The van der Waals surface area contributed by atoms with E-state index in [0.717, 1.165) is 0 Å². The maximum absolute atomic E-state index is 10.2. The molecule has 0 fully saturated rings. The molecule has 1 aromatic heterocycles. The second-order valence-corrected chi connectivity index (χ2v) is 2.33.